The van der Waals surface area contributed by atoms with Crippen LogP contribution in [0.4, 0.5) is 0 Å². The fourth-order valence-corrected chi connectivity index (χ4v) is 6.86. The second-order valence-corrected chi connectivity index (χ2v) is 11.0. The Labute approximate surface area is 181 Å². The number of hydrogen-bond acceptors (Lipinski definition) is 5. The second-order valence-electron chi connectivity index (χ2n) is 6.93. The van der Waals surface area contributed by atoms with Gasteiger partial charge in [0.2, 0.25) is 19.9 Å². The van der Waals surface area contributed by atoms with Gasteiger partial charge in [-0.1, -0.05) is 17.7 Å². The number of sulfone groups is 1. The number of nitrogens with one attached hydrogen (secondary N) is 1. The zero-order chi connectivity index (χ0) is 22.1. The van der Waals surface area contributed by atoms with Crippen LogP contribution in [-0.2, 0) is 26.4 Å². The maximum atomic E-state index is 13.3. The molecule has 0 atom stereocenters. The Morgan fingerprint density at radius 1 is 0.867 bits per heavy atom. The molecule has 0 aliphatic heterocycles. The minimum atomic E-state index is -3.96. The number of sulfonamides is 1. The highest BCUT2D eigenvalue weighted by Gasteiger charge is 2.29. The van der Waals surface area contributed by atoms with E-state index in [1.165, 1.54) is 31.2 Å². The molecular weight excluding hydrogens is 444 g/mol. The molecule has 0 saturated heterocycles. The minimum Gasteiger partial charge on any atom is -0.265 e. The topological polar surface area (TPSA) is 93.2 Å². The van der Waals surface area contributed by atoms with Gasteiger partial charge in [0.25, 0.3) is 0 Å². The number of halogens is 1. The standard InChI is InChI=1S/C21H21ClN2O4S2/c1-14-12-15(2)21(30(27,28)24-13-17-8-10-23-11-9-17)16(3)20(14)29(25,26)19-6-4-18(22)5-7-19/h4-12,24H,13H2,1-3H3. The van der Waals surface area contributed by atoms with Crippen molar-refractivity contribution >= 4 is 31.5 Å². The normalized spacial score (nSPS) is 12.1. The van der Waals surface area contributed by atoms with Gasteiger partial charge in [0.05, 0.1) is 14.7 Å². The predicted molar refractivity (Wildman–Crippen MR) is 116 cm³/mol. The number of aromatic nitrogens is 1. The van der Waals surface area contributed by atoms with Gasteiger partial charge in [0.15, 0.2) is 0 Å². The third-order valence-corrected chi connectivity index (χ3v) is 8.71. The van der Waals surface area contributed by atoms with Crippen molar-refractivity contribution in [1.29, 1.82) is 0 Å². The van der Waals surface area contributed by atoms with Crippen LogP contribution in [0.25, 0.3) is 0 Å². The molecule has 3 rings (SSSR count). The van der Waals surface area contributed by atoms with Crippen LogP contribution in [0.2, 0.25) is 5.02 Å². The average molecular weight is 465 g/mol. The number of pyridine rings is 1. The van der Waals surface area contributed by atoms with Crippen LogP contribution in [0.1, 0.15) is 22.3 Å². The van der Waals surface area contributed by atoms with Gasteiger partial charge in [0, 0.05) is 24.0 Å². The van der Waals surface area contributed by atoms with E-state index in [9.17, 15) is 16.8 Å². The summed E-state index contributed by atoms with van der Waals surface area (Å²) in [5.74, 6) is 0. The van der Waals surface area contributed by atoms with Crippen LogP contribution in [0.5, 0.6) is 0 Å². The van der Waals surface area contributed by atoms with Gasteiger partial charge in [-0.3, -0.25) is 4.98 Å². The Bertz CT molecular complexity index is 1290. The molecule has 9 heteroatoms. The highest BCUT2D eigenvalue weighted by atomic mass is 35.5. The summed E-state index contributed by atoms with van der Waals surface area (Å²) in [6.45, 7) is 4.89. The molecule has 30 heavy (non-hydrogen) atoms. The average Bonchev–Trinajstić information content (AvgIpc) is 2.66. The zero-order valence-electron chi connectivity index (χ0n) is 16.7. The number of rotatable bonds is 6. The van der Waals surface area contributed by atoms with Gasteiger partial charge in [-0.15, -0.1) is 0 Å². The van der Waals surface area contributed by atoms with E-state index in [-0.39, 0.29) is 26.8 Å². The van der Waals surface area contributed by atoms with Crippen molar-refractivity contribution in [2.24, 2.45) is 0 Å². The highest BCUT2D eigenvalue weighted by molar-refractivity contribution is 7.92. The molecule has 6 nitrogen and oxygen atoms in total. The van der Waals surface area contributed by atoms with E-state index in [1.54, 1.807) is 44.4 Å². The Kier molecular flexibility index (Phi) is 6.33. The summed E-state index contributed by atoms with van der Waals surface area (Å²) in [5, 5.41) is 0.412. The lowest BCUT2D eigenvalue weighted by Crippen LogP contribution is -2.26. The first kappa shape index (κ1) is 22.4. The lowest BCUT2D eigenvalue weighted by Gasteiger charge is -2.18. The molecule has 3 aromatic rings. The smallest absolute Gasteiger partial charge is 0.241 e. The van der Waals surface area contributed by atoms with Crippen molar-refractivity contribution in [2.45, 2.75) is 42.0 Å². The maximum Gasteiger partial charge on any atom is 0.241 e. The van der Waals surface area contributed by atoms with Crippen LogP contribution in [0.3, 0.4) is 0 Å². The highest BCUT2D eigenvalue weighted by Crippen LogP contribution is 2.33. The summed E-state index contributed by atoms with van der Waals surface area (Å²) < 4.78 is 55.3. The first-order valence-electron chi connectivity index (χ1n) is 9.04. The van der Waals surface area contributed by atoms with Crippen molar-refractivity contribution in [3.8, 4) is 0 Å². The quantitative estimate of drug-likeness (QED) is 0.595. The van der Waals surface area contributed by atoms with Crippen molar-refractivity contribution in [3.05, 3.63) is 82.1 Å². The number of hydrogen-bond donors (Lipinski definition) is 1. The van der Waals surface area contributed by atoms with Crippen LogP contribution >= 0.6 is 11.6 Å². The van der Waals surface area contributed by atoms with Crippen LogP contribution in [0.15, 0.2) is 69.5 Å². The molecule has 2 aromatic carbocycles. The monoisotopic (exact) mass is 464 g/mol. The molecule has 0 bridgehead atoms. The van der Waals surface area contributed by atoms with Crippen LogP contribution in [0, 0.1) is 20.8 Å². The van der Waals surface area contributed by atoms with Gasteiger partial charge < -0.3 is 0 Å². The fraction of sp³-hybridized carbons (Fsp3) is 0.190. The predicted octanol–water partition coefficient (Wildman–Crippen LogP) is 3.97. The molecular formula is C21H21ClN2O4S2. The number of nitrogens with zero attached hydrogens (tertiary/aromatic N) is 1. The van der Waals surface area contributed by atoms with Gasteiger partial charge in [-0.05, 0) is 79.4 Å². The Morgan fingerprint density at radius 2 is 1.43 bits per heavy atom. The summed E-state index contributed by atoms with van der Waals surface area (Å²) in [7, 11) is -7.91. The van der Waals surface area contributed by atoms with Crippen molar-refractivity contribution in [3.63, 3.8) is 0 Å². The van der Waals surface area contributed by atoms with Gasteiger partial charge >= 0.3 is 0 Å². The Balaban J connectivity index is 2.10. The lowest BCUT2D eigenvalue weighted by molar-refractivity contribution is 0.579. The zero-order valence-corrected chi connectivity index (χ0v) is 19.1. The molecule has 1 heterocycles. The van der Waals surface area contributed by atoms with Crippen molar-refractivity contribution in [1.82, 2.24) is 9.71 Å². The molecule has 1 N–H and O–H groups in total. The molecule has 0 saturated carbocycles. The molecule has 0 amide bonds. The maximum absolute atomic E-state index is 13.3. The summed E-state index contributed by atoms with van der Waals surface area (Å²) in [6.07, 6.45) is 3.14. The van der Waals surface area contributed by atoms with E-state index >= 15 is 0 Å². The van der Waals surface area contributed by atoms with Crippen molar-refractivity contribution < 1.29 is 16.8 Å². The molecule has 158 valence electrons. The second kappa shape index (κ2) is 8.47. The largest absolute Gasteiger partial charge is 0.265 e. The Morgan fingerprint density at radius 3 is 2.03 bits per heavy atom. The van der Waals surface area contributed by atoms with E-state index in [2.05, 4.69) is 9.71 Å². The molecule has 0 aliphatic rings. The third-order valence-electron chi connectivity index (χ3n) is 4.71. The SMILES string of the molecule is Cc1cc(C)c(S(=O)(=O)c2ccc(Cl)cc2)c(C)c1S(=O)(=O)NCc1ccncc1. The summed E-state index contributed by atoms with van der Waals surface area (Å²) in [4.78, 5) is 3.91. The number of aryl methyl sites for hydroxylation is 2. The third kappa shape index (κ3) is 4.41. The molecule has 1 aromatic heterocycles. The van der Waals surface area contributed by atoms with Gasteiger partial charge in [0.1, 0.15) is 0 Å². The summed E-state index contributed by atoms with van der Waals surface area (Å²) >= 11 is 5.88. The molecule has 0 spiro atoms. The van der Waals surface area contributed by atoms with Crippen LogP contribution in [-0.4, -0.2) is 21.8 Å². The lowest BCUT2D eigenvalue weighted by atomic mass is 10.1. The van der Waals surface area contributed by atoms with Crippen LogP contribution < -0.4 is 4.72 Å². The molecule has 0 unspecified atom stereocenters. The van der Waals surface area contributed by atoms with Gasteiger partial charge in [-0.25, -0.2) is 21.6 Å². The van der Waals surface area contributed by atoms with E-state index in [4.69, 9.17) is 11.6 Å². The fourth-order valence-electron chi connectivity index (χ4n) is 3.46. The van der Waals surface area contributed by atoms with Crippen molar-refractivity contribution in [2.75, 3.05) is 0 Å². The van der Waals surface area contributed by atoms with Gasteiger partial charge in [-0.2, -0.15) is 0 Å². The molecule has 0 aliphatic carbocycles. The van der Waals surface area contributed by atoms with E-state index in [0.29, 0.717) is 16.1 Å². The first-order valence-corrected chi connectivity index (χ1v) is 12.4. The first-order chi connectivity index (χ1) is 14.0. The minimum absolute atomic E-state index is 0.0142. The number of benzene rings is 2. The van der Waals surface area contributed by atoms with E-state index in [0.717, 1.165) is 5.56 Å². The molecule has 0 fully saturated rings. The molecule has 0 radical (unpaired) electrons. The van der Waals surface area contributed by atoms with E-state index < -0.39 is 19.9 Å². The van der Waals surface area contributed by atoms with E-state index in [1.807, 2.05) is 0 Å². The summed E-state index contributed by atoms with van der Waals surface area (Å²) in [5.41, 5.74) is 1.88. The summed E-state index contributed by atoms with van der Waals surface area (Å²) in [6, 6.07) is 10.8. The Hall–Kier alpha value is -2.26.